The van der Waals surface area contributed by atoms with E-state index in [9.17, 15) is 14.4 Å². The zero-order chi connectivity index (χ0) is 21.1. The maximum atomic E-state index is 12.4. The van der Waals surface area contributed by atoms with Crippen molar-refractivity contribution in [2.24, 2.45) is 5.92 Å². The number of aryl methyl sites for hydroxylation is 4. The van der Waals surface area contributed by atoms with Crippen molar-refractivity contribution in [3.05, 3.63) is 58.7 Å². The maximum absolute atomic E-state index is 12.4. The predicted octanol–water partition coefficient (Wildman–Crippen LogP) is 3.46. The molecule has 1 saturated heterocycles. The van der Waals surface area contributed by atoms with Gasteiger partial charge in [0.1, 0.15) is 0 Å². The van der Waals surface area contributed by atoms with E-state index in [0.717, 1.165) is 27.9 Å². The maximum Gasteiger partial charge on any atom is 0.311 e. The summed E-state index contributed by atoms with van der Waals surface area (Å²) in [5.41, 5.74) is 5.56. The number of ether oxygens (including phenoxy) is 1. The van der Waals surface area contributed by atoms with Crippen LogP contribution in [0, 0.1) is 33.6 Å². The van der Waals surface area contributed by atoms with E-state index in [2.05, 4.69) is 5.32 Å². The van der Waals surface area contributed by atoms with Crippen molar-refractivity contribution in [1.29, 1.82) is 0 Å². The van der Waals surface area contributed by atoms with Crippen molar-refractivity contribution < 1.29 is 19.1 Å². The van der Waals surface area contributed by atoms with Crippen LogP contribution in [0.15, 0.2) is 36.4 Å². The molecule has 0 spiro atoms. The van der Waals surface area contributed by atoms with Gasteiger partial charge >= 0.3 is 5.97 Å². The second-order valence-corrected chi connectivity index (χ2v) is 7.73. The van der Waals surface area contributed by atoms with Crippen molar-refractivity contribution in [2.75, 3.05) is 23.4 Å². The molecule has 2 amide bonds. The fourth-order valence-corrected chi connectivity index (χ4v) is 3.53. The van der Waals surface area contributed by atoms with E-state index in [1.165, 1.54) is 0 Å². The van der Waals surface area contributed by atoms with Gasteiger partial charge in [-0.3, -0.25) is 14.4 Å². The van der Waals surface area contributed by atoms with Gasteiger partial charge < -0.3 is 15.0 Å². The first kappa shape index (κ1) is 20.6. The molecule has 0 aromatic heterocycles. The molecule has 6 nitrogen and oxygen atoms in total. The molecular formula is C23H26N2O4. The van der Waals surface area contributed by atoms with Crippen LogP contribution in [-0.2, 0) is 19.1 Å². The van der Waals surface area contributed by atoms with Crippen molar-refractivity contribution in [1.82, 2.24) is 0 Å². The fraction of sp³-hybridized carbons (Fsp3) is 0.348. The van der Waals surface area contributed by atoms with Gasteiger partial charge in [0.05, 0.1) is 5.92 Å². The van der Waals surface area contributed by atoms with E-state index < -0.39 is 17.8 Å². The molecule has 0 saturated carbocycles. The minimum Gasteiger partial charge on any atom is -0.455 e. The summed E-state index contributed by atoms with van der Waals surface area (Å²) < 4.78 is 5.18. The Morgan fingerprint density at radius 3 is 2.41 bits per heavy atom. The molecule has 29 heavy (non-hydrogen) atoms. The van der Waals surface area contributed by atoms with E-state index >= 15 is 0 Å². The second kappa shape index (κ2) is 8.47. The summed E-state index contributed by atoms with van der Waals surface area (Å²) in [6.07, 6.45) is 0.0877. The molecule has 0 radical (unpaired) electrons. The molecule has 0 bridgehead atoms. The summed E-state index contributed by atoms with van der Waals surface area (Å²) >= 11 is 0. The third-order valence-corrected chi connectivity index (χ3v) is 4.99. The van der Waals surface area contributed by atoms with E-state index in [1.54, 1.807) is 4.90 Å². The van der Waals surface area contributed by atoms with Crippen LogP contribution in [0.5, 0.6) is 0 Å². The summed E-state index contributed by atoms with van der Waals surface area (Å²) in [5, 5.41) is 2.76. The van der Waals surface area contributed by atoms with Crippen LogP contribution in [0.4, 0.5) is 11.4 Å². The van der Waals surface area contributed by atoms with Crippen LogP contribution in [0.25, 0.3) is 0 Å². The van der Waals surface area contributed by atoms with Crippen molar-refractivity contribution in [2.45, 2.75) is 34.1 Å². The SMILES string of the molecule is Cc1cc(C)cc(N2C[C@H](C(=O)OCC(=O)Nc3cc(C)ccc3C)CC2=O)c1. The minimum absolute atomic E-state index is 0.0877. The minimum atomic E-state index is -0.572. The topological polar surface area (TPSA) is 75.7 Å². The highest BCUT2D eigenvalue weighted by Gasteiger charge is 2.36. The normalized spacial score (nSPS) is 16.1. The van der Waals surface area contributed by atoms with Gasteiger partial charge in [0, 0.05) is 24.3 Å². The average Bonchev–Trinajstić information content (AvgIpc) is 3.04. The molecule has 2 aromatic rings. The Kier molecular flexibility index (Phi) is 6.01. The monoisotopic (exact) mass is 394 g/mol. The summed E-state index contributed by atoms with van der Waals surface area (Å²) in [6.45, 7) is 7.66. The Bertz CT molecular complexity index is 947. The van der Waals surface area contributed by atoms with Gasteiger partial charge in [0.15, 0.2) is 6.61 Å². The lowest BCUT2D eigenvalue weighted by Crippen LogP contribution is -2.28. The van der Waals surface area contributed by atoms with Crippen molar-refractivity contribution in [3.8, 4) is 0 Å². The number of carbonyl (C=O) groups excluding carboxylic acids is 3. The van der Waals surface area contributed by atoms with Crippen molar-refractivity contribution in [3.63, 3.8) is 0 Å². The predicted molar refractivity (Wildman–Crippen MR) is 112 cm³/mol. The molecule has 1 heterocycles. The van der Waals surface area contributed by atoms with Crippen LogP contribution in [0.1, 0.15) is 28.7 Å². The zero-order valence-electron chi connectivity index (χ0n) is 17.2. The van der Waals surface area contributed by atoms with Crippen molar-refractivity contribution >= 4 is 29.2 Å². The summed E-state index contributed by atoms with van der Waals surface area (Å²) in [5.74, 6) is -1.61. The van der Waals surface area contributed by atoms with Gasteiger partial charge in [0.2, 0.25) is 5.91 Å². The van der Waals surface area contributed by atoms with Gasteiger partial charge in [-0.15, -0.1) is 0 Å². The standard InChI is InChI=1S/C23H26N2O4/c1-14-5-6-17(4)20(10-14)24-21(26)13-29-23(28)18-11-22(27)25(12-18)19-8-15(2)7-16(3)9-19/h5-10,18H,11-13H2,1-4H3,(H,24,26)/t18-/m1/s1. The van der Waals surface area contributed by atoms with E-state index in [-0.39, 0.29) is 25.5 Å². The first-order valence-corrected chi connectivity index (χ1v) is 9.65. The largest absolute Gasteiger partial charge is 0.455 e. The summed E-state index contributed by atoms with van der Waals surface area (Å²) in [7, 11) is 0. The molecule has 1 fully saturated rings. The van der Waals surface area contributed by atoms with Gasteiger partial charge in [0.25, 0.3) is 5.91 Å². The number of benzene rings is 2. The van der Waals surface area contributed by atoms with Gasteiger partial charge in [-0.25, -0.2) is 0 Å². The van der Waals surface area contributed by atoms with Crippen LogP contribution in [0.2, 0.25) is 0 Å². The molecule has 1 atom stereocenters. The molecule has 3 rings (SSSR count). The molecule has 1 aliphatic heterocycles. The molecule has 6 heteroatoms. The number of rotatable bonds is 5. The number of anilines is 2. The lowest BCUT2D eigenvalue weighted by molar-refractivity contribution is -0.151. The lowest BCUT2D eigenvalue weighted by Gasteiger charge is -2.18. The van der Waals surface area contributed by atoms with E-state index in [4.69, 9.17) is 4.74 Å². The first-order valence-electron chi connectivity index (χ1n) is 9.65. The van der Waals surface area contributed by atoms with Crippen LogP contribution < -0.4 is 10.2 Å². The number of nitrogens with one attached hydrogen (secondary N) is 1. The molecule has 152 valence electrons. The summed E-state index contributed by atoms with van der Waals surface area (Å²) in [4.78, 5) is 38.6. The average molecular weight is 394 g/mol. The third kappa shape index (κ3) is 5.02. The Balaban J connectivity index is 1.56. The Morgan fingerprint density at radius 2 is 1.72 bits per heavy atom. The third-order valence-electron chi connectivity index (χ3n) is 4.99. The quantitative estimate of drug-likeness (QED) is 0.788. The van der Waals surface area contributed by atoms with Crippen LogP contribution >= 0.6 is 0 Å². The first-order chi connectivity index (χ1) is 13.7. The highest BCUT2D eigenvalue weighted by atomic mass is 16.5. The number of carbonyl (C=O) groups is 3. The zero-order valence-corrected chi connectivity index (χ0v) is 17.2. The molecule has 1 aliphatic rings. The number of esters is 1. The molecule has 1 N–H and O–H groups in total. The lowest BCUT2D eigenvalue weighted by atomic mass is 10.1. The van der Waals surface area contributed by atoms with Crippen LogP contribution in [-0.4, -0.2) is 30.9 Å². The second-order valence-electron chi connectivity index (χ2n) is 7.73. The molecule has 0 unspecified atom stereocenters. The van der Waals surface area contributed by atoms with Gasteiger partial charge in [-0.2, -0.15) is 0 Å². The smallest absolute Gasteiger partial charge is 0.311 e. The number of hydrogen-bond donors (Lipinski definition) is 1. The van der Waals surface area contributed by atoms with E-state index in [1.807, 2.05) is 64.1 Å². The van der Waals surface area contributed by atoms with E-state index in [0.29, 0.717) is 5.69 Å². The molecule has 2 aromatic carbocycles. The molecular weight excluding hydrogens is 368 g/mol. The number of amides is 2. The van der Waals surface area contributed by atoms with Gasteiger partial charge in [-0.1, -0.05) is 18.2 Å². The Morgan fingerprint density at radius 1 is 1.03 bits per heavy atom. The number of hydrogen-bond acceptors (Lipinski definition) is 4. The Labute approximate surface area is 170 Å². The fourth-order valence-electron chi connectivity index (χ4n) is 3.53. The highest BCUT2D eigenvalue weighted by molar-refractivity contribution is 6.00. The Hall–Kier alpha value is -3.15. The molecule has 0 aliphatic carbocycles. The van der Waals surface area contributed by atoms with Gasteiger partial charge in [-0.05, 0) is 68.1 Å². The highest BCUT2D eigenvalue weighted by Crippen LogP contribution is 2.27. The van der Waals surface area contributed by atoms with Crippen LogP contribution in [0.3, 0.4) is 0 Å². The summed E-state index contributed by atoms with van der Waals surface area (Å²) in [6, 6.07) is 11.6. The number of nitrogens with zero attached hydrogens (tertiary/aromatic N) is 1.